The summed E-state index contributed by atoms with van der Waals surface area (Å²) in [5.41, 5.74) is 1.65. The van der Waals surface area contributed by atoms with Crippen molar-refractivity contribution < 1.29 is 23.6 Å². The van der Waals surface area contributed by atoms with Crippen molar-refractivity contribution >= 4 is 17.5 Å². The van der Waals surface area contributed by atoms with E-state index in [4.69, 9.17) is 4.74 Å². The zero-order chi connectivity index (χ0) is 21.1. The summed E-state index contributed by atoms with van der Waals surface area (Å²) in [4.78, 5) is 28.1. The Morgan fingerprint density at radius 1 is 1.10 bits per heavy atom. The van der Waals surface area contributed by atoms with Crippen molar-refractivity contribution in [3.63, 3.8) is 0 Å². The molecule has 30 heavy (non-hydrogen) atoms. The second-order valence-electron chi connectivity index (χ2n) is 8.29. The Bertz CT molecular complexity index is 907. The third-order valence-electron chi connectivity index (χ3n) is 6.45. The van der Waals surface area contributed by atoms with Crippen LogP contribution in [0.15, 0.2) is 48.5 Å². The van der Waals surface area contributed by atoms with Crippen molar-refractivity contribution in [2.75, 3.05) is 25.1 Å². The predicted octanol–water partition coefficient (Wildman–Crippen LogP) is 2.39. The highest BCUT2D eigenvalue weighted by atomic mass is 19.1. The van der Waals surface area contributed by atoms with Crippen LogP contribution in [0.3, 0.4) is 0 Å². The first-order chi connectivity index (χ1) is 14.5. The van der Waals surface area contributed by atoms with Crippen LogP contribution in [0.25, 0.3) is 0 Å². The van der Waals surface area contributed by atoms with E-state index in [9.17, 15) is 14.0 Å². The minimum Gasteiger partial charge on any atom is -0.497 e. The Balaban J connectivity index is 1.32. The number of hydrogen-bond donors (Lipinski definition) is 1. The van der Waals surface area contributed by atoms with Gasteiger partial charge in [0, 0.05) is 0 Å². The molecule has 0 saturated carbocycles. The highest BCUT2D eigenvalue weighted by Gasteiger charge is 2.46. The summed E-state index contributed by atoms with van der Waals surface area (Å²) in [6.07, 6.45) is 4.25. The first kappa shape index (κ1) is 20.5. The minimum absolute atomic E-state index is 0.0987. The number of anilines is 1. The van der Waals surface area contributed by atoms with E-state index in [1.54, 1.807) is 43.5 Å². The Kier molecular flexibility index (Phi) is 6.13. The number of carbonyl (C=O) groups is 2. The van der Waals surface area contributed by atoms with Gasteiger partial charge in [0.25, 0.3) is 5.91 Å². The molecule has 2 aromatic rings. The Hall–Kier alpha value is -2.73. The van der Waals surface area contributed by atoms with Crippen LogP contribution in [0.4, 0.5) is 10.1 Å². The van der Waals surface area contributed by atoms with Gasteiger partial charge in [0.15, 0.2) is 6.04 Å². The van der Waals surface area contributed by atoms with E-state index in [0.29, 0.717) is 17.4 Å². The summed E-state index contributed by atoms with van der Waals surface area (Å²) < 4.78 is 18.5. The van der Waals surface area contributed by atoms with E-state index in [1.165, 1.54) is 15.9 Å². The maximum absolute atomic E-state index is 13.3. The van der Waals surface area contributed by atoms with Gasteiger partial charge in [-0.25, -0.2) is 9.29 Å². The molecule has 2 fully saturated rings. The SMILES string of the molecule is COc1ccc(N2C(=O)C[C@@H]([NH+]3CCC(CCc4cccc(F)c4)CC3)C2=O)cc1. The number of halogens is 1. The lowest BCUT2D eigenvalue weighted by Crippen LogP contribution is -3.17. The first-order valence-electron chi connectivity index (χ1n) is 10.6. The zero-order valence-electron chi connectivity index (χ0n) is 17.3. The molecule has 2 aliphatic rings. The van der Waals surface area contributed by atoms with Crippen LogP contribution < -0.4 is 14.5 Å². The average molecular weight is 411 g/mol. The van der Waals surface area contributed by atoms with E-state index < -0.39 is 0 Å². The summed E-state index contributed by atoms with van der Waals surface area (Å²) >= 11 is 0. The Morgan fingerprint density at radius 2 is 1.83 bits per heavy atom. The van der Waals surface area contributed by atoms with Gasteiger partial charge < -0.3 is 9.64 Å². The average Bonchev–Trinajstić information content (AvgIpc) is 3.07. The third-order valence-corrected chi connectivity index (χ3v) is 6.45. The molecule has 5 nitrogen and oxygen atoms in total. The van der Waals surface area contributed by atoms with Gasteiger partial charge in [-0.3, -0.25) is 9.59 Å². The fourth-order valence-corrected chi connectivity index (χ4v) is 4.70. The monoisotopic (exact) mass is 411 g/mol. The van der Waals surface area contributed by atoms with Crippen LogP contribution in [0.1, 0.15) is 31.2 Å². The van der Waals surface area contributed by atoms with Crippen molar-refractivity contribution in [2.24, 2.45) is 5.92 Å². The van der Waals surface area contributed by atoms with Crippen molar-refractivity contribution in [1.82, 2.24) is 0 Å². The van der Waals surface area contributed by atoms with Gasteiger partial charge in [-0.05, 0) is 73.6 Å². The van der Waals surface area contributed by atoms with Gasteiger partial charge in [0.05, 0.1) is 32.3 Å². The van der Waals surface area contributed by atoms with Crippen molar-refractivity contribution in [3.05, 3.63) is 59.9 Å². The van der Waals surface area contributed by atoms with Crippen molar-refractivity contribution in [2.45, 2.75) is 38.1 Å². The highest BCUT2D eigenvalue weighted by molar-refractivity contribution is 6.21. The topological polar surface area (TPSA) is 51.0 Å². The van der Waals surface area contributed by atoms with Gasteiger partial charge in [0.1, 0.15) is 11.6 Å². The zero-order valence-corrected chi connectivity index (χ0v) is 17.3. The van der Waals surface area contributed by atoms with Gasteiger partial charge in [-0.2, -0.15) is 0 Å². The number of ether oxygens (including phenoxy) is 1. The van der Waals surface area contributed by atoms with Crippen molar-refractivity contribution in [1.29, 1.82) is 0 Å². The van der Waals surface area contributed by atoms with Gasteiger partial charge in [0.2, 0.25) is 5.91 Å². The number of quaternary nitrogens is 1. The number of benzene rings is 2. The van der Waals surface area contributed by atoms with Crippen molar-refractivity contribution in [3.8, 4) is 5.75 Å². The molecule has 2 aliphatic heterocycles. The van der Waals surface area contributed by atoms with E-state index in [1.807, 2.05) is 6.07 Å². The summed E-state index contributed by atoms with van der Waals surface area (Å²) in [5.74, 6) is 0.870. The van der Waals surface area contributed by atoms with Gasteiger partial charge >= 0.3 is 0 Å². The van der Waals surface area contributed by atoms with Crippen LogP contribution in [-0.2, 0) is 16.0 Å². The lowest BCUT2D eigenvalue weighted by Gasteiger charge is -2.32. The number of amides is 2. The second kappa shape index (κ2) is 8.96. The number of nitrogens with zero attached hydrogens (tertiary/aromatic N) is 1. The minimum atomic E-state index is -0.288. The van der Waals surface area contributed by atoms with E-state index >= 15 is 0 Å². The number of nitrogens with one attached hydrogen (secondary N) is 1. The predicted molar refractivity (Wildman–Crippen MR) is 112 cm³/mol. The number of rotatable bonds is 6. The van der Waals surface area contributed by atoms with Crippen LogP contribution in [0, 0.1) is 11.7 Å². The lowest BCUT2D eigenvalue weighted by molar-refractivity contribution is -0.920. The quantitative estimate of drug-likeness (QED) is 0.743. The molecule has 0 spiro atoms. The maximum Gasteiger partial charge on any atom is 0.292 e. The molecule has 2 amide bonds. The molecule has 0 bridgehead atoms. The van der Waals surface area contributed by atoms with Crippen LogP contribution in [0.2, 0.25) is 0 Å². The maximum atomic E-state index is 13.3. The molecular formula is C24H28FN2O3+. The molecule has 158 valence electrons. The molecule has 2 saturated heterocycles. The first-order valence-corrected chi connectivity index (χ1v) is 10.6. The molecule has 0 aromatic heterocycles. The number of piperidine rings is 1. The Labute approximate surface area is 176 Å². The largest absolute Gasteiger partial charge is 0.497 e. The molecule has 4 rings (SSSR count). The normalized spacial score (nSPS) is 24.3. The lowest BCUT2D eigenvalue weighted by atomic mass is 9.90. The fraction of sp³-hybridized carbons (Fsp3) is 0.417. The highest BCUT2D eigenvalue weighted by Crippen LogP contribution is 2.25. The standard InChI is InChI=1S/C24H27FN2O3/c1-30-21-9-7-20(8-10-21)27-23(28)16-22(24(27)29)26-13-11-17(12-14-26)5-6-18-3-2-4-19(25)15-18/h2-4,7-10,15,17,22H,5-6,11-14,16H2,1H3/p+1/t22-/m1/s1. The van der Waals surface area contributed by atoms with Crippen LogP contribution >= 0.6 is 0 Å². The molecule has 2 aromatic carbocycles. The second-order valence-corrected chi connectivity index (χ2v) is 8.29. The smallest absolute Gasteiger partial charge is 0.292 e. The van der Waals surface area contributed by atoms with E-state index in [0.717, 1.165) is 44.3 Å². The molecule has 1 atom stereocenters. The summed E-state index contributed by atoms with van der Waals surface area (Å²) in [6.45, 7) is 1.79. The Morgan fingerprint density at radius 3 is 2.50 bits per heavy atom. The number of likely N-dealkylation sites (tertiary alicyclic amines) is 1. The summed E-state index contributed by atoms with van der Waals surface area (Å²) in [5, 5.41) is 0. The third kappa shape index (κ3) is 4.38. The molecule has 1 N–H and O–H groups in total. The molecule has 2 heterocycles. The van der Waals surface area contributed by atoms with E-state index in [2.05, 4.69) is 0 Å². The van der Waals surface area contributed by atoms with Gasteiger partial charge in [-0.15, -0.1) is 0 Å². The number of carbonyl (C=O) groups excluding carboxylic acids is 2. The number of methoxy groups -OCH3 is 1. The fourth-order valence-electron chi connectivity index (χ4n) is 4.70. The number of imide groups is 1. The molecule has 6 heteroatoms. The van der Waals surface area contributed by atoms with E-state index in [-0.39, 0.29) is 30.1 Å². The number of hydrogen-bond acceptors (Lipinski definition) is 3. The molecule has 0 aliphatic carbocycles. The van der Waals surface area contributed by atoms with Gasteiger partial charge in [-0.1, -0.05) is 12.1 Å². The molecule has 0 radical (unpaired) electrons. The summed E-state index contributed by atoms with van der Waals surface area (Å²) in [6, 6.07) is 13.6. The molecular weight excluding hydrogens is 383 g/mol. The number of aryl methyl sites for hydroxylation is 1. The van der Waals surface area contributed by atoms with Crippen LogP contribution in [-0.4, -0.2) is 38.1 Å². The van der Waals surface area contributed by atoms with Crippen LogP contribution in [0.5, 0.6) is 5.75 Å². The summed E-state index contributed by atoms with van der Waals surface area (Å²) in [7, 11) is 1.59. The molecule has 0 unspecified atom stereocenters.